The van der Waals surface area contributed by atoms with Gasteiger partial charge in [0.25, 0.3) is 5.91 Å². The molecule has 0 spiro atoms. The number of hydrogen-bond acceptors (Lipinski definition) is 7. The van der Waals surface area contributed by atoms with Crippen LogP contribution in [0.4, 0.5) is 13.2 Å². The number of rotatable bonds is 11. The highest BCUT2D eigenvalue weighted by Crippen LogP contribution is 2.29. The molecule has 230 valence electrons. The van der Waals surface area contributed by atoms with Gasteiger partial charge in [-0.25, -0.2) is 9.37 Å². The van der Waals surface area contributed by atoms with Crippen molar-refractivity contribution in [2.45, 2.75) is 38.1 Å². The van der Waals surface area contributed by atoms with Crippen molar-refractivity contribution in [2.75, 3.05) is 13.1 Å². The van der Waals surface area contributed by atoms with Crippen LogP contribution < -0.4 is 15.4 Å². The molecule has 44 heavy (non-hydrogen) atoms. The van der Waals surface area contributed by atoms with Gasteiger partial charge in [-0.1, -0.05) is 0 Å². The Hall–Kier alpha value is -4.69. The average Bonchev–Trinajstić information content (AvgIpc) is 3.78. The fourth-order valence-corrected chi connectivity index (χ4v) is 5.65. The second-order valence-electron chi connectivity index (χ2n) is 9.99. The summed E-state index contributed by atoms with van der Waals surface area (Å²) in [6.45, 7) is -1.99. The van der Waals surface area contributed by atoms with Gasteiger partial charge in [0.15, 0.2) is 0 Å². The van der Waals surface area contributed by atoms with Crippen LogP contribution in [0.15, 0.2) is 72.4 Å². The maximum Gasteiger partial charge on any atom is 0.345 e. The molecule has 0 bridgehead atoms. The molecule has 2 aromatic carbocycles. The van der Waals surface area contributed by atoms with Crippen molar-refractivity contribution in [2.24, 2.45) is 0 Å². The summed E-state index contributed by atoms with van der Waals surface area (Å²) in [5.74, 6) is -0.607. The zero-order valence-corrected chi connectivity index (χ0v) is 24.2. The van der Waals surface area contributed by atoms with Crippen LogP contribution in [0.1, 0.15) is 34.6 Å². The van der Waals surface area contributed by atoms with Crippen molar-refractivity contribution in [3.05, 3.63) is 88.6 Å². The molecule has 5 rings (SSSR count). The van der Waals surface area contributed by atoms with Crippen LogP contribution in [0.2, 0.25) is 0 Å². The number of hydrogen-bond donors (Lipinski definition) is 3. The van der Waals surface area contributed by atoms with Gasteiger partial charge in [0.1, 0.15) is 29.2 Å². The Labute approximate surface area is 254 Å². The molecule has 1 aliphatic heterocycles. The maximum absolute atomic E-state index is 13.3. The van der Waals surface area contributed by atoms with E-state index in [-0.39, 0.29) is 18.5 Å². The molecule has 0 unspecified atom stereocenters. The number of carbonyl (C=O) groups excluding carboxylic acids is 3. The first-order valence-corrected chi connectivity index (χ1v) is 14.5. The van der Waals surface area contributed by atoms with Crippen LogP contribution in [0.3, 0.4) is 0 Å². The summed E-state index contributed by atoms with van der Waals surface area (Å²) in [6.07, 6.45) is 2.15. The number of aromatic nitrogens is 2. The predicted octanol–water partition coefficient (Wildman–Crippen LogP) is 4.89. The summed E-state index contributed by atoms with van der Waals surface area (Å²) in [4.78, 5) is 48.3. The van der Waals surface area contributed by atoms with Crippen molar-refractivity contribution >= 4 is 29.1 Å². The summed E-state index contributed by atoms with van der Waals surface area (Å²) >= 11 is 1.42. The second kappa shape index (κ2) is 13.7. The number of likely N-dealkylation sites (tertiary alicyclic amines) is 1. The zero-order chi connectivity index (χ0) is 31.2. The molecule has 14 heteroatoms. The van der Waals surface area contributed by atoms with Crippen molar-refractivity contribution in [3.63, 3.8) is 0 Å². The Balaban J connectivity index is 1.18. The fraction of sp³-hybridized carbons (Fsp3) is 0.267. The molecule has 10 nitrogen and oxygen atoms in total. The first kappa shape index (κ1) is 30.8. The molecule has 1 fully saturated rings. The van der Waals surface area contributed by atoms with Crippen LogP contribution in [-0.4, -0.2) is 64.4 Å². The molecule has 0 saturated carbocycles. The highest BCUT2D eigenvalue weighted by Gasteiger charge is 2.41. The van der Waals surface area contributed by atoms with Crippen molar-refractivity contribution in [3.8, 4) is 22.9 Å². The normalized spacial score (nSPS) is 17.0. The van der Waals surface area contributed by atoms with E-state index in [0.29, 0.717) is 17.3 Å². The Morgan fingerprint density at radius 2 is 1.82 bits per heavy atom. The lowest BCUT2D eigenvalue weighted by Gasteiger charge is -2.25. The van der Waals surface area contributed by atoms with Crippen LogP contribution in [-0.2, 0) is 14.3 Å². The Kier molecular flexibility index (Phi) is 9.60. The van der Waals surface area contributed by atoms with Gasteiger partial charge in [0.05, 0.1) is 18.7 Å². The van der Waals surface area contributed by atoms with Crippen LogP contribution in [0, 0.1) is 5.82 Å². The molecule has 2 aromatic heterocycles. The topological polar surface area (TPSA) is 126 Å². The fourth-order valence-electron chi connectivity index (χ4n) is 4.75. The quantitative estimate of drug-likeness (QED) is 0.218. The van der Waals surface area contributed by atoms with Gasteiger partial charge in [-0.05, 0) is 61.5 Å². The van der Waals surface area contributed by atoms with Gasteiger partial charge in [-0.2, -0.15) is 8.78 Å². The number of ether oxygens (including phenoxy) is 2. The number of aromatic amines is 1. The second-order valence-corrected chi connectivity index (χ2v) is 10.9. The number of alkyl halides is 2. The van der Waals surface area contributed by atoms with E-state index in [0.717, 1.165) is 15.3 Å². The Morgan fingerprint density at radius 1 is 1.11 bits per heavy atom. The van der Waals surface area contributed by atoms with Crippen molar-refractivity contribution in [1.29, 1.82) is 0 Å². The summed E-state index contributed by atoms with van der Waals surface area (Å²) in [7, 11) is 0. The minimum atomic E-state index is -3.07. The van der Waals surface area contributed by atoms with Gasteiger partial charge in [-0.15, -0.1) is 11.3 Å². The smallest absolute Gasteiger partial charge is 0.345 e. The number of benzene rings is 2. The number of imidazole rings is 1. The van der Waals surface area contributed by atoms with E-state index in [9.17, 15) is 27.6 Å². The van der Waals surface area contributed by atoms with Gasteiger partial charge in [0.2, 0.25) is 11.8 Å². The third kappa shape index (κ3) is 7.63. The molecule has 0 aliphatic carbocycles. The molecular formula is C30H28F3N5O5S. The number of amides is 3. The number of nitrogens with one attached hydrogen (secondary N) is 3. The molecule has 4 aromatic rings. The van der Waals surface area contributed by atoms with E-state index < -0.39 is 54.9 Å². The highest BCUT2D eigenvalue weighted by molar-refractivity contribution is 7.10. The first-order valence-electron chi connectivity index (χ1n) is 13.6. The van der Waals surface area contributed by atoms with Crippen LogP contribution in [0.25, 0.3) is 11.4 Å². The lowest BCUT2D eigenvalue weighted by Crippen LogP contribution is -2.49. The molecule has 3 N–H and O–H groups in total. The third-order valence-electron chi connectivity index (χ3n) is 6.92. The first-order chi connectivity index (χ1) is 21.2. The SMILES string of the molecule is C[C@@H](NC(=O)[C@@H]1C[C@@H](OC(F)F)CN1C(=O)CNC(=O)c1ccc(Oc2ccc(F)cc2)cc1)c1cc(-c2ncc[nH]2)cs1. The number of nitrogens with zero attached hydrogens (tertiary/aromatic N) is 2. The zero-order valence-electron chi connectivity index (χ0n) is 23.3. The Bertz CT molecular complexity index is 1580. The molecule has 3 heterocycles. The number of thiophene rings is 1. The molecule has 0 radical (unpaired) electrons. The molecule has 3 atom stereocenters. The summed E-state index contributed by atoms with van der Waals surface area (Å²) in [5.41, 5.74) is 1.09. The lowest BCUT2D eigenvalue weighted by atomic mass is 10.1. The van der Waals surface area contributed by atoms with E-state index in [2.05, 4.69) is 25.3 Å². The van der Waals surface area contributed by atoms with E-state index >= 15 is 0 Å². The van der Waals surface area contributed by atoms with Crippen LogP contribution in [0.5, 0.6) is 11.5 Å². The summed E-state index contributed by atoms with van der Waals surface area (Å²) < 4.78 is 49.3. The Morgan fingerprint density at radius 3 is 2.48 bits per heavy atom. The monoisotopic (exact) mass is 627 g/mol. The molecule has 3 amide bonds. The van der Waals surface area contributed by atoms with Crippen molar-refractivity contribution in [1.82, 2.24) is 25.5 Å². The minimum Gasteiger partial charge on any atom is -0.457 e. The number of H-pyrrole nitrogens is 1. The summed E-state index contributed by atoms with van der Waals surface area (Å²) in [5, 5.41) is 7.26. The van der Waals surface area contributed by atoms with Gasteiger partial charge in [0, 0.05) is 46.7 Å². The largest absolute Gasteiger partial charge is 0.457 e. The molecular weight excluding hydrogens is 599 g/mol. The summed E-state index contributed by atoms with van der Waals surface area (Å²) in [6, 6.07) is 11.9. The van der Waals surface area contributed by atoms with E-state index in [4.69, 9.17) is 4.74 Å². The maximum atomic E-state index is 13.3. The molecule has 1 saturated heterocycles. The lowest BCUT2D eigenvalue weighted by molar-refractivity contribution is -0.160. The van der Waals surface area contributed by atoms with Crippen LogP contribution >= 0.6 is 11.3 Å². The molecule has 1 aliphatic rings. The predicted molar refractivity (Wildman–Crippen MR) is 155 cm³/mol. The van der Waals surface area contributed by atoms with E-state index in [1.54, 1.807) is 31.5 Å². The van der Waals surface area contributed by atoms with E-state index in [1.807, 2.05) is 11.4 Å². The average molecular weight is 628 g/mol. The highest BCUT2D eigenvalue weighted by atomic mass is 32.1. The standard InChI is InChI=1S/C30H28F3N5O5S/c1-17(25-12-19(16-44-25)27-34-10-11-35-27)37-29(41)24-13-23(43-30(32)33)15-38(24)26(39)14-36-28(40)18-2-6-21(7-3-18)42-22-8-4-20(31)5-9-22/h2-12,16-17,23-24,30H,13-15H2,1H3,(H,34,35)(H,36,40)(H,37,41)/t17-,23-,24+/m1/s1. The third-order valence-corrected chi connectivity index (χ3v) is 8.04. The number of carbonyl (C=O) groups is 3. The minimum absolute atomic E-state index is 0.125. The van der Waals surface area contributed by atoms with E-state index in [1.165, 1.54) is 47.7 Å². The van der Waals surface area contributed by atoms with Gasteiger partial charge in [-0.3, -0.25) is 14.4 Å². The van der Waals surface area contributed by atoms with Gasteiger partial charge < -0.3 is 30.0 Å². The van der Waals surface area contributed by atoms with Crippen molar-refractivity contribution < 1.29 is 37.0 Å². The van der Waals surface area contributed by atoms with Gasteiger partial charge >= 0.3 is 6.61 Å². The number of halogens is 3.